The number of nitrogens with zero attached hydrogens (tertiary/aromatic N) is 2. The van der Waals surface area contributed by atoms with Gasteiger partial charge in [0.15, 0.2) is 0 Å². The molecule has 0 fully saturated rings. The van der Waals surface area contributed by atoms with Crippen molar-refractivity contribution < 1.29 is 14.3 Å². The van der Waals surface area contributed by atoms with E-state index in [-0.39, 0.29) is 11.9 Å². The molecule has 1 atom stereocenters. The Balaban J connectivity index is 1.89. The number of carbonyl (C=O) groups is 2. The Morgan fingerprint density at radius 3 is 2.56 bits per heavy atom. The standard InChI is InChI=1S/C22H22N2O3/c1-14(21(26)27-22(2,3)4)18-10-9-17(11-16(18)12-23)24-13-15-7-5-6-8-19(15)20(24)25/h5-11,14H,13H2,1-4H3. The van der Waals surface area contributed by atoms with Gasteiger partial charge >= 0.3 is 5.97 Å². The summed E-state index contributed by atoms with van der Waals surface area (Å²) >= 11 is 0. The number of ether oxygens (including phenoxy) is 1. The number of anilines is 1. The third kappa shape index (κ3) is 3.70. The molecule has 1 amide bonds. The number of esters is 1. The van der Waals surface area contributed by atoms with Gasteiger partial charge in [-0.1, -0.05) is 24.3 Å². The van der Waals surface area contributed by atoms with Crippen molar-refractivity contribution in [3.8, 4) is 6.07 Å². The first-order valence-corrected chi connectivity index (χ1v) is 8.88. The van der Waals surface area contributed by atoms with E-state index in [1.807, 2.05) is 45.0 Å². The van der Waals surface area contributed by atoms with Crippen LogP contribution in [-0.2, 0) is 16.1 Å². The molecule has 2 aromatic carbocycles. The molecule has 1 unspecified atom stereocenters. The zero-order valence-corrected chi connectivity index (χ0v) is 15.9. The van der Waals surface area contributed by atoms with Gasteiger partial charge in [0.25, 0.3) is 5.91 Å². The Morgan fingerprint density at radius 1 is 1.22 bits per heavy atom. The predicted molar refractivity (Wildman–Crippen MR) is 102 cm³/mol. The van der Waals surface area contributed by atoms with Crippen LogP contribution in [0.2, 0.25) is 0 Å². The van der Waals surface area contributed by atoms with E-state index < -0.39 is 11.5 Å². The maximum atomic E-state index is 12.6. The number of amides is 1. The van der Waals surface area contributed by atoms with Crippen LogP contribution in [0.15, 0.2) is 42.5 Å². The number of rotatable bonds is 3. The molecule has 1 heterocycles. The first-order valence-electron chi connectivity index (χ1n) is 8.88. The molecule has 1 aliphatic rings. The molecule has 5 nitrogen and oxygen atoms in total. The summed E-state index contributed by atoms with van der Waals surface area (Å²) < 4.78 is 5.43. The summed E-state index contributed by atoms with van der Waals surface area (Å²) in [6.07, 6.45) is 0. The molecule has 2 aromatic rings. The van der Waals surface area contributed by atoms with Crippen LogP contribution in [0.5, 0.6) is 0 Å². The number of fused-ring (bicyclic) bond motifs is 1. The highest BCUT2D eigenvalue weighted by Crippen LogP contribution is 2.31. The molecule has 5 heteroatoms. The zero-order chi connectivity index (χ0) is 19.8. The summed E-state index contributed by atoms with van der Waals surface area (Å²) in [5, 5.41) is 9.58. The lowest BCUT2D eigenvalue weighted by Crippen LogP contribution is -2.27. The second-order valence-electron chi connectivity index (χ2n) is 7.69. The van der Waals surface area contributed by atoms with Crippen molar-refractivity contribution in [2.45, 2.75) is 45.8 Å². The Morgan fingerprint density at radius 2 is 1.93 bits per heavy atom. The van der Waals surface area contributed by atoms with Crippen LogP contribution >= 0.6 is 0 Å². The highest BCUT2D eigenvalue weighted by molar-refractivity contribution is 6.10. The van der Waals surface area contributed by atoms with Crippen molar-refractivity contribution in [3.63, 3.8) is 0 Å². The van der Waals surface area contributed by atoms with Gasteiger partial charge in [-0.25, -0.2) is 0 Å². The lowest BCUT2D eigenvalue weighted by atomic mass is 9.95. The van der Waals surface area contributed by atoms with Crippen molar-refractivity contribution in [1.29, 1.82) is 5.26 Å². The number of carbonyl (C=O) groups excluding carboxylic acids is 2. The summed E-state index contributed by atoms with van der Waals surface area (Å²) in [4.78, 5) is 26.7. The van der Waals surface area contributed by atoms with Crippen LogP contribution in [0.4, 0.5) is 5.69 Å². The van der Waals surface area contributed by atoms with Gasteiger partial charge in [0.1, 0.15) is 5.60 Å². The monoisotopic (exact) mass is 362 g/mol. The molecule has 138 valence electrons. The van der Waals surface area contributed by atoms with Crippen LogP contribution in [0.3, 0.4) is 0 Å². The molecule has 0 N–H and O–H groups in total. The molecular formula is C22H22N2O3. The Labute approximate surface area is 159 Å². The predicted octanol–water partition coefficient (Wildman–Crippen LogP) is 4.16. The minimum atomic E-state index is -0.591. The summed E-state index contributed by atoms with van der Waals surface area (Å²) in [6, 6.07) is 14.8. The molecule has 0 bridgehead atoms. The van der Waals surface area contributed by atoms with Crippen molar-refractivity contribution in [1.82, 2.24) is 0 Å². The van der Waals surface area contributed by atoms with E-state index in [4.69, 9.17) is 4.74 Å². The van der Waals surface area contributed by atoms with Crippen molar-refractivity contribution in [2.24, 2.45) is 0 Å². The smallest absolute Gasteiger partial charge is 0.313 e. The fourth-order valence-electron chi connectivity index (χ4n) is 3.17. The zero-order valence-electron chi connectivity index (χ0n) is 15.9. The van der Waals surface area contributed by atoms with Crippen LogP contribution in [-0.4, -0.2) is 17.5 Å². The van der Waals surface area contributed by atoms with E-state index in [0.717, 1.165) is 5.56 Å². The SMILES string of the molecule is CC(C(=O)OC(C)(C)C)c1ccc(N2Cc3ccccc3C2=O)cc1C#N. The largest absolute Gasteiger partial charge is 0.460 e. The lowest BCUT2D eigenvalue weighted by molar-refractivity contribution is -0.156. The van der Waals surface area contributed by atoms with Crippen LogP contribution < -0.4 is 4.90 Å². The van der Waals surface area contributed by atoms with E-state index in [2.05, 4.69) is 6.07 Å². The van der Waals surface area contributed by atoms with E-state index in [0.29, 0.717) is 28.9 Å². The first kappa shape index (κ1) is 18.7. The highest BCUT2D eigenvalue weighted by Gasteiger charge is 2.30. The minimum Gasteiger partial charge on any atom is -0.460 e. The average molecular weight is 362 g/mol. The summed E-state index contributed by atoms with van der Waals surface area (Å²) in [5.41, 5.74) is 2.67. The Kier molecular flexibility index (Phi) is 4.75. The van der Waals surface area contributed by atoms with Gasteiger partial charge in [0, 0.05) is 11.3 Å². The molecule has 3 rings (SSSR count). The van der Waals surface area contributed by atoms with Crippen LogP contribution in [0.25, 0.3) is 0 Å². The van der Waals surface area contributed by atoms with Gasteiger partial charge in [-0.2, -0.15) is 5.26 Å². The molecule has 0 saturated heterocycles. The van der Waals surface area contributed by atoms with Gasteiger partial charge < -0.3 is 9.64 Å². The molecule has 0 aromatic heterocycles. The normalized spacial score (nSPS) is 14.5. The topological polar surface area (TPSA) is 70.4 Å². The maximum absolute atomic E-state index is 12.6. The summed E-state index contributed by atoms with van der Waals surface area (Å²) in [7, 11) is 0. The Hall–Kier alpha value is -3.13. The van der Waals surface area contributed by atoms with Gasteiger partial charge in [0.2, 0.25) is 0 Å². The van der Waals surface area contributed by atoms with E-state index in [1.165, 1.54) is 0 Å². The second kappa shape index (κ2) is 6.88. The number of hydrogen-bond donors (Lipinski definition) is 0. The summed E-state index contributed by atoms with van der Waals surface area (Å²) in [6.45, 7) is 7.62. The fraction of sp³-hybridized carbons (Fsp3) is 0.318. The number of hydrogen-bond acceptors (Lipinski definition) is 4. The lowest BCUT2D eigenvalue weighted by Gasteiger charge is -2.23. The Bertz CT molecular complexity index is 951. The van der Waals surface area contributed by atoms with Crippen molar-refractivity contribution in [2.75, 3.05) is 4.90 Å². The van der Waals surface area contributed by atoms with Gasteiger partial charge in [0.05, 0.1) is 24.1 Å². The quantitative estimate of drug-likeness (QED) is 0.769. The number of nitriles is 1. The molecule has 0 saturated carbocycles. The molecule has 0 aliphatic carbocycles. The minimum absolute atomic E-state index is 0.0811. The second-order valence-corrected chi connectivity index (χ2v) is 7.69. The third-order valence-corrected chi connectivity index (χ3v) is 4.52. The van der Waals surface area contributed by atoms with Crippen molar-refractivity contribution >= 4 is 17.6 Å². The van der Waals surface area contributed by atoms with Gasteiger partial charge in [-0.3, -0.25) is 9.59 Å². The van der Waals surface area contributed by atoms with Gasteiger partial charge in [-0.05, 0) is 57.0 Å². The van der Waals surface area contributed by atoms with Crippen LogP contribution in [0.1, 0.15) is 60.7 Å². The fourth-order valence-corrected chi connectivity index (χ4v) is 3.17. The molecular weight excluding hydrogens is 340 g/mol. The first-order chi connectivity index (χ1) is 12.7. The summed E-state index contributed by atoms with van der Waals surface area (Å²) in [5.74, 6) is -1.03. The average Bonchev–Trinajstić information content (AvgIpc) is 2.96. The van der Waals surface area contributed by atoms with Gasteiger partial charge in [-0.15, -0.1) is 0 Å². The third-order valence-electron chi connectivity index (χ3n) is 4.52. The molecule has 0 spiro atoms. The van der Waals surface area contributed by atoms with E-state index in [1.54, 1.807) is 30.0 Å². The molecule has 1 aliphatic heterocycles. The van der Waals surface area contributed by atoms with Crippen LogP contribution in [0, 0.1) is 11.3 Å². The van der Waals surface area contributed by atoms with E-state index in [9.17, 15) is 14.9 Å². The highest BCUT2D eigenvalue weighted by atomic mass is 16.6. The van der Waals surface area contributed by atoms with E-state index >= 15 is 0 Å². The van der Waals surface area contributed by atoms with Crippen molar-refractivity contribution in [3.05, 3.63) is 64.7 Å². The molecule has 27 heavy (non-hydrogen) atoms. The number of benzene rings is 2. The maximum Gasteiger partial charge on any atom is 0.313 e. The molecule has 0 radical (unpaired) electrons.